The van der Waals surface area contributed by atoms with E-state index in [-0.39, 0.29) is 6.67 Å². The zero-order valence-electron chi connectivity index (χ0n) is 4.08. The van der Waals surface area contributed by atoms with Crippen molar-refractivity contribution in [3.63, 3.8) is 0 Å². The van der Waals surface area contributed by atoms with Crippen molar-refractivity contribution in [2.45, 2.75) is 0 Å². The molecule has 4 heteroatoms. The second-order valence-electron chi connectivity index (χ2n) is 1.38. The van der Waals surface area contributed by atoms with Crippen molar-refractivity contribution in [2.24, 2.45) is 4.99 Å². The van der Waals surface area contributed by atoms with Gasteiger partial charge in [0.05, 0.1) is 0 Å². The van der Waals surface area contributed by atoms with Crippen molar-refractivity contribution in [2.75, 3.05) is 6.67 Å². The summed E-state index contributed by atoms with van der Waals surface area (Å²) in [7, 11) is 0. The van der Waals surface area contributed by atoms with Gasteiger partial charge in [-0.1, -0.05) is 11.6 Å². The van der Waals surface area contributed by atoms with Crippen LogP contribution >= 0.6 is 11.6 Å². The summed E-state index contributed by atoms with van der Waals surface area (Å²) in [4.78, 5) is 3.68. The highest BCUT2D eigenvalue weighted by atomic mass is 35.5. The molecule has 0 amide bonds. The van der Waals surface area contributed by atoms with E-state index in [0.29, 0.717) is 5.17 Å². The molecule has 0 aromatic rings. The second-order valence-corrected chi connectivity index (χ2v) is 1.76. The first-order valence-corrected chi connectivity index (χ1v) is 2.50. The van der Waals surface area contributed by atoms with Crippen molar-refractivity contribution < 1.29 is 5.21 Å². The third-order valence-electron chi connectivity index (χ3n) is 0.751. The molecule has 0 spiro atoms. The van der Waals surface area contributed by atoms with Gasteiger partial charge in [-0.3, -0.25) is 5.21 Å². The number of hydrogen-bond donors (Lipinski definition) is 1. The third-order valence-corrected chi connectivity index (χ3v) is 0.996. The summed E-state index contributed by atoms with van der Waals surface area (Å²) in [5.74, 6) is 0. The summed E-state index contributed by atoms with van der Waals surface area (Å²) in [6.45, 7) is 0.231. The number of nitrogens with zero attached hydrogens (tertiary/aromatic N) is 2. The predicted molar refractivity (Wildman–Crippen MR) is 30.9 cm³/mol. The topological polar surface area (TPSA) is 35.8 Å². The Labute approximate surface area is 51.8 Å². The van der Waals surface area contributed by atoms with Gasteiger partial charge in [-0.25, -0.2) is 10.1 Å². The van der Waals surface area contributed by atoms with Crippen LogP contribution in [0.1, 0.15) is 0 Å². The molecule has 0 aromatic carbocycles. The van der Waals surface area contributed by atoms with Crippen molar-refractivity contribution >= 4 is 16.8 Å². The highest BCUT2D eigenvalue weighted by Crippen LogP contribution is 1.97. The average molecular weight is 133 g/mol. The summed E-state index contributed by atoms with van der Waals surface area (Å²) in [5.41, 5.74) is 0. The zero-order chi connectivity index (χ0) is 5.98. The Kier molecular flexibility index (Phi) is 1.50. The van der Waals surface area contributed by atoms with E-state index in [2.05, 4.69) is 4.99 Å². The predicted octanol–water partition coefficient (Wildman–Crippen LogP) is 0.800. The van der Waals surface area contributed by atoms with E-state index in [9.17, 15) is 0 Å². The van der Waals surface area contributed by atoms with Crippen molar-refractivity contribution in [1.82, 2.24) is 5.06 Å². The van der Waals surface area contributed by atoms with Gasteiger partial charge in [0.25, 0.3) is 0 Å². The molecule has 0 aromatic heterocycles. The minimum atomic E-state index is 0.231. The molecule has 0 fully saturated rings. The standard InChI is InChI=1S/C4H5ClN2O/c5-4-1-2-7(8)3-6-4/h1-2,8H,3H2. The van der Waals surface area contributed by atoms with Crippen LogP contribution in [0, 0.1) is 0 Å². The minimum Gasteiger partial charge on any atom is -0.287 e. The Balaban J connectivity index is 2.58. The van der Waals surface area contributed by atoms with Crippen LogP contribution in [-0.4, -0.2) is 22.1 Å². The number of rotatable bonds is 0. The number of hydroxylamine groups is 2. The molecule has 0 saturated carbocycles. The quantitative estimate of drug-likeness (QED) is 0.529. The number of allylic oxidation sites excluding steroid dienone is 1. The molecule has 8 heavy (non-hydrogen) atoms. The van der Waals surface area contributed by atoms with Crippen LogP contribution in [0.3, 0.4) is 0 Å². The van der Waals surface area contributed by atoms with E-state index in [0.717, 1.165) is 5.06 Å². The largest absolute Gasteiger partial charge is 0.287 e. The molecule has 0 aliphatic carbocycles. The van der Waals surface area contributed by atoms with Crippen LogP contribution in [0.5, 0.6) is 0 Å². The number of halogens is 1. The lowest BCUT2D eigenvalue weighted by atomic mass is 10.6. The fraction of sp³-hybridized carbons (Fsp3) is 0.250. The first-order valence-electron chi connectivity index (χ1n) is 2.13. The molecule has 1 rings (SSSR count). The zero-order valence-corrected chi connectivity index (χ0v) is 4.84. The maximum atomic E-state index is 8.61. The summed E-state index contributed by atoms with van der Waals surface area (Å²) in [5, 5.41) is 9.98. The molecule has 44 valence electrons. The first kappa shape index (κ1) is 5.59. The summed E-state index contributed by atoms with van der Waals surface area (Å²) < 4.78 is 0. The Bertz CT molecular complexity index is 143. The summed E-state index contributed by atoms with van der Waals surface area (Å²) >= 11 is 5.41. The van der Waals surface area contributed by atoms with Gasteiger partial charge in [0, 0.05) is 6.20 Å². The van der Waals surface area contributed by atoms with Crippen LogP contribution in [0.2, 0.25) is 0 Å². The molecular formula is C4H5ClN2O. The Morgan fingerprint density at radius 2 is 2.62 bits per heavy atom. The summed E-state index contributed by atoms with van der Waals surface area (Å²) in [6, 6.07) is 0. The van der Waals surface area contributed by atoms with E-state index in [4.69, 9.17) is 16.8 Å². The molecule has 0 unspecified atom stereocenters. The van der Waals surface area contributed by atoms with Crippen molar-refractivity contribution in [3.05, 3.63) is 12.3 Å². The Hall–Kier alpha value is -0.540. The normalized spacial score (nSPS) is 18.8. The Morgan fingerprint density at radius 3 is 3.00 bits per heavy atom. The Morgan fingerprint density at radius 1 is 1.88 bits per heavy atom. The van der Waals surface area contributed by atoms with Crippen LogP contribution < -0.4 is 0 Å². The van der Waals surface area contributed by atoms with Gasteiger partial charge in [-0.15, -0.1) is 0 Å². The average Bonchev–Trinajstić information content (AvgIpc) is 1.77. The van der Waals surface area contributed by atoms with Crippen LogP contribution in [-0.2, 0) is 0 Å². The third kappa shape index (κ3) is 1.21. The fourth-order valence-corrected chi connectivity index (χ4v) is 0.497. The SMILES string of the molecule is ON1C=CC(Cl)=NC1. The molecular weight excluding hydrogens is 128 g/mol. The molecule has 1 heterocycles. The highest BCUT2D eigenvalue weighted by molar-refractivity contribution is 6.68. The molecule has 1 aliphatic rings. The highest BCUT2D eigenvalue weighted by Gasteiger charge is 1.97. The van der Waals surface area contributed by atoms with Crippen molar-refractivity contribution in [1.29, 1.82) is 0 Å². The molecule has 1 N–H and O–H groups in total. The molecule has 0 atom stereocenters. The minimum absolute atomic E-state index is 0.231. The first-order chi connectivity index (χ1) is 3.79. The lowest BCUT2D eigenvalue weighted by Crippen LogP contribution is -2.15. The van der Waals surface area contributed by atoms with Gasteiger partial charge in [0.1, 0.15) is 11.8 Å². The maximum absolute atomic E-state index is 8.61. The van der Waals surface area contributed by atoms with Gasteiger partial charge in [0.2, 0.25) is 0 Å². The molecule has 0 saturated heterocycles. The maximum Gasteiger partial charge on any atom is 0.136 e. The van der Waals surface area contributed by atoms with Crippen LogP contribution in [0.25, 0.3) is 0 Å². The second kappa shape index (κ2) is 2.15. The van der Waals surface area contributed by atoms with E-state index in [1.165, 1.54) is 12.3 Å². The van der Waals surface area contributed by atoms with E-state index in [1.807, 2.05) is 0 Å². The molecule has 1 aliphatic heterocycles. The number of aliphatic imine (C=N–C) groups is 1. The van der Waals surface area contributed by atoms with Gasteiger partial charge in [-0.05, 0) is 6.08 Å². The monoisotopic (exact) mass is 132 g/mol. The van der Waals surface area contributed by atoms with Crippen LogP contribution in [0.4, 0.5) is 0 Å². The summed E-state index contributed by atoms with van der Waals surface area (Å²) in [6.07, 6.45) is 2.97. The van der Waals surface area contributed by atoms with Crippen molar-refractivity contribution in [3.8, 4) is 0 Å². The van der Waals surface area contributed by atoms with Gasteiger partial charge in [0.15, 0.2) is 0 Å². The van der Waals surface area contributed by atoms with Gasteiger partial charge < -0.3 is 0 Å². The van der Waals surface area contributed by atoms with Gasteiger partial charge >= 0.3 is 0 Å². The van der Waals surface area contributed by atoms with E-state index < -0.39 is 0 Å². The van der Waals surface area contributed by atoms with Crippen LogP contribution in [0.15, 0.2) is 17.3 Å². The van der Waals surface area contributed by atoms with E-state index >= 15 is 0 Å². The molecule has 3 nitrogen and oxygen atoms in total. The van der Waals surface area contributed by atoms with Gasteiger partial charge in [-0.2, -0.15) is 0 Å². The number of hydrogen-bond acceptors (Lipinski definition) is 3. The smallest absolute Gasteiger partial charge is 0.136 e. The van der Waals surface area contributed by atoms with E-state index in [1.54, 1.807) is 0 Å². The lowest BCUT2D eigenvalue weighted by molar-refractivity contribution is -0.0385. The molecule has 0 radical (unpaired) electrons. The lowest BCUT2D eigenvalue weighted by Gasteiger charge is -2.10. The molecule has 0 bridgehead atoms. The fourth-order valence-electron chi connectivity index (χ4n) is 0.387.